The smallest absolute Gasteiger partial charge is 0.243 e. The van der Waals surface area contributed by atoms with Gasteiger partial charge in [0, 0.05) is 12.5 Å². The Morgan fingerprint density at radius 2 is 1.44 bits per heavy atom. The molecule has 48 heavy (non-hydrogen) atoms. The molecule has 0 aromatic heterocycles. The SMILES string of the molecule is CC[C@H](C)[C@H](NC(=O)[C@@H](C[C@H](O)[C@H](COCc1cccc2ccccc12)NCCc1ccccc1)C(C)C)C(=O)NCc1ccccc1. The van der Waals surface area contributed by atoms with Crippen LogP contribution in [-0.4, -0.2) is 48.3 Å². The molecule has 256 valence electrons. The van der Waals surface area contributed by atoms with E-state index in [4.69, 9.17) is 4.74 Å². The molecule has 7 heteroatoms. The summed E-state index contributed by atoms with van der Waals surface area (Å²) < 4.78 is 6.25. The summed E-state index contributed by atoms with van der Waals surface area (Å²) in [6.45, 7) is 9.70. The van der Waals surface area contributed by atoms with Crippen molar-refractivity contribution in [1.82, 2.24) is 16.0 Å². The van der Waals surface area contributed by atoms with Crippen LogP contribution < -0.4 is 16.0 Å². The summed E-state index contributed by atoms with van der Waals surface area (Å²) >= 11 is 0. The zero-order valence-corrected chi connectivity index (χ0v) is 28.9. The van der Waals surface area contributed by atoms with Gasteiger partial charge in [0.25, 0.3) is 0 Å². The third-order valence-electron chi connectivity index (χ3n) is 9.30. The van der Waals surface area contributed by atoms with Gasteiger partial charge in [-0.05, 0) is 58.7 Å². The summed E-state index contributed by atoms with van der Waals surface area (Å²) in [4.78, 5) is 27.1. The number of ether oxygens (including phenoxy) is 1. The monoisotopic (exact) mass is 651 g/mol. The van der Waals surface area contributed by atoms with Crippen LogP contribution in [0.4, 0.5) is 0 Å². The molecule has 0 saturated heterocycles. The summed E-state index contributed by atoms with van der Waals surface area (Å²) in [5, 5.41) is 23.5. The maximum atomic E-state index is 13.8. The standard InChI is InChI=1S/C41H53N3O4/c1-5-30(4)39(41(47)43-26-32-17-10-7-11-18-32)44-40(46)36(29(2)3)25-38(45)37(42-24-23-31-15-8-6-9-16-31)28-48-27-34-21-14-20-33-19-12-13-22-35(33)34/h6-22,29-30,36-39,42,45H,5,23-28H2,1-4H3,(H,43,47)(H,44,46)/t30-,36-,37-,38-,39-/m0/s1. The largest absolute Gasteiger partial charge is 0.391 e. The number of fused-ring (bicyclic) bond motifs is 1. The van der Waals surface area contributed by atoms with E-state index in [1.807, 2.05) is 94.4 Å². The van der Waals surface area contributed by atoms with Gasteiger partial charge in [0.1, 0.15) is 6.04 Å². The van der Waals surface area contributed by atoms with E-state index in [2.05, 4.69) is 52.3 Å². The van der Waals surface area contributed by atoms with Crippen molar-refractivity contribution in [2.75, 3.05) is 13.2 Å². The maximum absolute atomic E-state index is 13.8. The Morgan fingerprint density at radius 1 is 0.792 bits per heavy atom. The van der Waals surface area contributed by atoms with Crippen molar-refractivity contribution in [2.45, 2.75) is 78.3 Å². The molecule has 0 radical (unpaired) electrons. The summed E-state index contributed by atoms with van der Waals surface area (Å²) in [6.07, 6.45) is 0.930. The summed E-state index contributed by atoms with van der Waals surface area (Å²) in [5.41, 5.74) is 3.29. The second-order valence-corrected chi connectivity index (χ2v) is 13.2. The minimum atomic E-state index is -0.847. The molecule has 0 unspecified atom stereocenters. The number of rotatable bonds is 19. The van der Waals surface area contributed by atoms with Gasteiger partial charge in [0.2, 0.25) is 11.8 Å². The Hall–Kier alpha value is -4.04. The van der Waals surface area contributed by atoms with Crippen LogP contribution in [0.2, 0.25) is 0 Å². The molecule has 2 amide bonds. The van der Waals surface area contributed by atoms with Gasteiger partial charge in [-0.3, -0.25) is 9.59 Å². The first-order valence-corrected chi connectivity index (χ1v) is 17.4. The minimum absolute atomic E-state index is 0.0498. The molecule has 4 N–H and O–H groups in total. The van der Waals surface area contributed by atoms with Crippen LogP contribution in [0.3, 0.4) is 0 Å². The molecule has 7 nitrogen and oxygen atoms in total. The molecule has 4 aromatic carbocycles. The van der Waals surface area contributed by atoms with E-state index in [-0.39, 0.29) is 36.7 Å². The Kier molecular flexibility index (Phi) is 14.6. The summed E-state index contributed by atoms with van der Waals surface area (Å²) in [6, 6.07) is 33.3. The highest BCUT2D eigenvalue weighted by atomic mass is 16.5. The first-order chi connectivity index (χ1) is 23.3. The number of benzene rings is 4. The van der Waals surface area contributed by atoms with Crippen LogP contribution in [-0.2, 0) is 33.9 Å². The fourth-order valence-corrected chi connectivity index (χ4v) is 6.03. The zero-order chi connectivity index (χ0) is 34.3. The van der Waals surface area contributed by atoms with Gasteiger partial charge in [-0.25, -0.2) is 0 Å². The second-order valence-electron chi connectivity index (χ2n) is 13.2. The highest BCUT2D eigenvalue weighted by Crippen LogP contribution is 2.22. The second kappa shape index (κ2) is 19.1. The van der Waals surface area contributed by atoms with Gasteiger partial charge in [-0.2, -0.15) is 0 Å². The lowest BCUT2D eigenvalue weighted by molar-refractivity contribution is -0.134. The van der Waals surface area contributed by atoms with Gasteiger partial charge in [0.05, 0.1) is 25.4 Å². The molecule has 0 aliphatic carbocycles. The number of nitrogens with one attached hydrogen (secondary N) is 3. The van der Waals surface area contributed by atoms with E-state index < -0.39 is 24.1 Å². The van der Waals surface area contributed by atoms with Crippen molar-refractivity contribution >= 4 is 22.6 Å². The van der Waals surface area contributed by atoms with Crippen molar-refractivity contribution in [1.29, 1.82) is 0 Å². The molecule has 4 rings (SSSR count). The average molecular weight is 652 g/mol. The van der Waals surface area contributed by atoms with Crippen LogP contribution in [0.15, 0.2) is 103 Å². The maximum Gasteiger partial charge on any atom is 0.243 e. The molecular formula is C41H53N3O4. The highest BCUT2D eigenvalue weighted by molar-refractivity contribution is 5.89. The molecule has 0 bridgehead atoms. The topological polar surface area (TPSA) is 99.7 Å². The lowest BCUT2D eigenvalue weighted by Gasteiger charge is -2.31. The predicted octanol–water partition coefficient (Wildman–Crippen LogP) is 6.43. The summed E-state index contributed by atoms with van der Waals surface area (Å²) in [7, 11) is 0. The van der Waals surface area contributed by atoms with Gasteiger partial charge >= 0.3 is 0 Å². The fourth-order valence-electron chi connectivity index (χ4n) is 6.03. The van der Waals surface area contributed by atoms with E-state index in [1.165, 1.54) is 5.56 Å². The molecule has 0 saturated carbocycles. The molecule has 0 aliphatic heterocycles. The van der Waals surface area contributed by atoms with E-state index in [1.54, 1.807) is 0 Å². The quantitative estimate of drug-likeness (QED) is 0.0937. The molecule has 0 spiro atoms. The van der Waals surface area contributed by atoms with Gasteiger partial charge < -0.3 is 25.8 Å². The number of hydrogen-bond acceptors (Lipinski definition) is 5. The Bertz CT molecular complexity index is 1540. The Labute approximate surface area is 286 Å². The Morgan fingerprint density at radius 3 is 2.12 bits per heavy atom. The predicted molar refractivity (Wildman–Crippen MR) is 194 cm³/mol. The van der Waals surface area contributed by atoms with Crippen molar-refractivity contribution in [3.05, 3.63) is 120 Å². The van der Waals surface area contributed by atoms with E-state index in [0.29, 0.717) is 19.7 Å². The van der Waals surface area contributed by atoms with Crippen molar-refractivity contribution in [2.24, 2.45) is 17.8 Å². The van der Waals surface area contributed by atoms with Crippen molar-refractivity contribution in [3.8, 4) is 0 Å². The first kappa shape index (κ1) is 36.8. The molecule has 4 aromatic rings. The van der Waals surface area contributed by atoms with Crippen LogP contribution >= 0.6 is 0 Å². The number of aliphatic hydroxyl groups excluding tert-OH is 1. The molecule has 5 atom stereocenters. The van der Waals surface area contributed by atoms with Crippen LogP contribution in [0, 0.1) is 17.8 Å². The zero-order valence-electron chi connectivity index (χ0n) is 28.9. The average Bonchev–Trinajstić information content (AvgIpc) is 3.11. The number of amides is 2. The minimum Gasteiger partial charge on any atom is -0.391 e. The number of carbonyl (C=O) groups is 2. The number of carbonyl (C=O) groups excluding carboxylic acids is 2. The highest BCUT2D eigenvalue weighted by Gasteiger charge is 2.33. The Balaban J connectivity index is 1.42. The third-order valence-corrected chi connectivity index (χ3v) is 9.30. The van der Waals surface area contributed by atoms with Crippen LogP contribution in [0.25, 0.3) is 10.8 Å². The van der Waals surface area contributed by atoms with Gasteiger partial charge in [-0.15, -0.1) is 0 Å². The molecule has 0 fully saturated rings. The lowest BCUT2D eigenvalue weighted by Crippen LogP contribution is -2.53. The fraction of sp³-hybridized carbons (Fsp3) is 0.415. The van der Waals surface area contributed by atoms with E-state index >= 15 is 0 Å². The molecule has 0 aliphatic rings. The van der Waals surface area contributed by atoms with Crippen LogP contribution in [0.5, 0.6) is 0 Å². The molecular weight excluding hydrogens is 598 g/mol. The number of hydrogen-bond donors (Lipinski definition) is 4. The van der Waals surface area contributed by atoms with Crippen molar-refractivity contribution < 1.29 is 19.4 Å². The summed E-state index contributed by atoms with van der Waals surface area (Å²) in [5.74, 6) is -1.02. The van der Waals surface area contributed by atoms with Crippen LogP contribution in [0.1, 0.15) is 57.2 Å². The van der Waals surface area contributed by atoms with Crippen molar-refractivity contribution in [3.63, 3.8) is 0 Å². The normalized spacial score (nSPS) is 14.6. The third kappa shape index (κ3) is 11.0. The van der Waals surface area contributed by atoms with E-state index in [9.17, 15) is 14.7 Å². The van der Waals surface area contributed by atoms with Gasteiger partial charge in [-0.1, -0.05) is 137 Å². The lowest BCUT2D eigenvalue weighted by atomic mass is 9.86. The number of aliphatic hydroxyl groups is 1. The van der Waals surface area contributed by atoms with Gasteiger partial charge in [0.15, 0.2) is 0 Å². The first-order valence-electron chi connectivity index (χ1n) is 17.4. The molecule has 0 heterocycles. The van der Waals surface area contributed by atoms with E-state index in [0.717, 1.165) is 34.7 Å².